The van der Waals surface area contributed by atoms with Crippen LogP contribution in [0.3, 0.4) is 0 Å². The van der Waals surface area contributed by atoms with Crippen LogP contribution in [0.4, 0.5) is 15.8 Å². The van der Waals surface area contributed by atoms with Crippen LogP contribution in [0.25, 0.3) is 0 Å². The molecule has 0 aliphatic heterocycles. The van der Waals surface area contributed by atoms with Crippen molar-refractivity contribution in [3.63, 3.8) is 0 Å². The Balaban J connectivity index is 1.80. The van der Waals surface area contributed by atoms with Gasteiger partial charge in [-0.05, 0) is 24.3 Å². The summed E-state index contributed by atoms with van der Waals surface area (Å²) in [5.41, 5.74) is 1.07. The van der Waals surface area contributed by atoms with Gasteiger partial charge >= 0.3 is 0 Å². The number of rotatable bonds is 6. The molecule has 0 bridgehead atoms. The molecule has 0 aliphatic carbocycles. The largest absolute Gasteiger partial charge is 0.497 e. The number of nitrogens with one attached hydrogen (secondary N) is 2. The van der Waals surface area contributed by atoms with E-state index in [0.717, 1.165) is 11.4 Å². The Kier molecular flexibility index (Phi) is 5.15. The number of para-hydroxylation sites is 1. The minimum absolute atomic E-state index is 0.198. The summed E-state index contributed by atoms with van der Waals surface area (Å²) in [6.07, 6.45) is 0.242. The normalized spacial score (nSPS) is 10.0. The molecule has 5 heteroatoms. The second-order valence-electron chi connectivity index (χ2n) is 4.44. The van der Waals surface area contributed by atoms with E-state index in [2.05, 4.69) is 10.6 Å². The second kappa shape index (κ2) is 7.28. The Morgan fingerprint density at radius 1 is 1.19 bits per heavy atom. The zero-order valence-electron chi connectivity index (χ0n) is 11.7. The van der Waals surface area contributed by atoms with Crippen molar-refractivity contribution in [1.29, 1.82) is 0 Å². The van der Waals surface area contributed by atoms with Gasteiger partial charge in [0.2, 0.25) is 5.91 Å². The average Bonchev–Trinajstić information content (AvgIpc) is 2.50. The molecule has 21 heavy (non-hydrogen) atoms. The van der Waals surface area contributed by atoms with Crippen LogP contribution in [0.2, 0.25) is 0 Å². The predicted molar refractivity (Wildman–Crippen MR) is 81.1 cm³/mol. The molecule has 0 aliphatic rings. The molecular formula is C16H17FN2O2. The molecule has 0 radical (unpaired) electrons. The third kappa shape index (κ3) is 4.49. The SMILES string of the molecule is COc1cccc(NCCC(=O)Nc2ccccc2F)c1. The molecule has 0 heterocycles. The first kappa shape index (κ1) is 14.8. The highest BCUT2D eigenvalue weighted by molar-refractivity contribution is 5.91. The predicted octanol–water partition coefficient (Wildman–Crippen LogP) is 3.28. The minimum atomic E-state index is -0.438. The van der Waals surface area contributed by atoms with Crippen molar-refractivity contribution in [2.75, 3.05) is 24.3 Å². The number of carbonyl (C=O) groups excluding carboxylic acids is 1. The van der Waals surface area contributed by atoms with Crippen molar-refractivity contribution in [3.05, 3.63) is 54.3 Å². The molecule has 0 spiro atoms. The highest BCUT2D eigenvalue weighted by atomic mass is 19.1. The monoisotopic (exact) mass is 288 g/mol. The zero-order valence-corrected chi connectivity index (χ0v) is 11.7. The van der Waals surface area contributed by atoms with Crippen LogP contribution in [0.1, 0.15) is 6.42 Å². The molecule has 2 N–H and O–H groups in total. The first-order valence-electron chi connectivity index (χ1n) is 6.61. The molecule has 0 unspecified atom stereocenters. The van der Waals surface area contributed by atoms with Crippen molar-refractivity contribution in [1.82, 2.24) is 0 Å². The van der Waals surface area contributed by atoms with Crippen LogP contribution in [0, 0.1) is 5.82 Å². The van der Waals surface area contributed by atoms with Crippen molar-refractivity contribution in [3.8, 4) is 5.75 Å². The van der Waals surface area contributed by atoms with E-state index in [1.165, 1.54) is 12.1 Å². The van der Waals surface area contributed by atoms with E-state index in [0.29, 0.717) is 6.54 Å². The van der Waals surface area contributed by atoms with Crippen molar-refractivity contribution in [2.45, 2.75) is 6.42 Å². The number of hydrogen-bond donors (Lipinski definition) is 2. The van der Waals surface area contributed by atoms with E-state index in [-0.39, 0.29) is 18.0 Å². The van der Waals surface area contributed by atoms with Crippen LogP contribution in [0.5, 0.6) is 5.75 Å². The molecule has 2 rings (SSSR count). The zero-order chi connectivity index (χ0) is 15.1. The van der Waals surface area contributed by atoms with E-state index in [4.69, 9.17) is 4.74 Å². The number of carbonyl (C=O) groups is 1. The Bertz CT molecular complexity index is 617. The van der Waals surface area contributed by atoms with Gasteiger partial charge in [-0.15, -0.1) is 0 Å². The Morgan fingerprint density at radius 2 is 2.00 bits per heavy atom. The number of benzene rings is 2. The first-order chi connectivity index (χ1) is 10.2. The minimum Gasteiger partial charge on any atom is -0.497 e. The number of amides is 1. The molecule has 1 amide bonds. The van der Waals surface area contributed by atoms with Gasteiger partial charge in [-0.2, -0.15) is 0 Å². The Hall–Kier alpha value is -2.56. The van der Waals surface area contributed by atoms with Crippen LogP contribution >= 0.6 is 0 Å². The quantitative estimate of drug-likeness (QED) is 0.857. The number of anilines is 2. The Morgan fingerprint density at radius 3 is 2.76 bits per heavy atom. The average molecular weight is 288 g/mol. The molecule has 110 valence electrons. The first-order valence-corrected chi connectivity index (χ1v) is 6.61. The van der Waals surface area contributed by atoms with Crippen molar-refractivity contribution >= 4 is 17.3 Å². The van der Waals surface area contributed by atoms with Gasteiger partial charge in [0, 0.05) is 24.7 Å². The molecule has 0 aromatic heterocycles. The van der Waals surface area contributed by atoms with Crippen molar-refractivity contribution in [2.24, 2.45) is 0 Å². The van der Waals surface area contributed by atoms with Gasteiger partial charge in [0.25, 0.3) is 0 Å². The third-order valence-electron chi connectivity index (χ3n) is 2.90. The molecule has 0 saturated heterocycles. The van der Waals surface area contributed by atoms with Gasteiger partial charge in [-0.1, -0.05) is 18.2 Å². The van der Waals surface area contributed by atoms with E-state index in [1.54, 1.807) is 19.2 Å². The number of hydrogen-bond acceptors (Lipinski definition) is 3. The number of halogens is 1. The maximum Gasteiger partial charge on any atom is 0.226 e. The highest BCUT2D eigenvalue weighted by Crippen LogP contribution is 2.16. The summed E-state index contributed by atoms with van der Waals surface area (Å²) in [5.74, 6) is 0.0675. The summed E-state index contributed by atoms with van der Waals surface area (Å²) in [5, 5.41) is 5.66. The van der Waals surface area contributed by atoms with Gasteiger partial charge in [-0.3, -0.25) is 4.79 Å². The summed E-state index contributed by atoms with van der Waals surface area (Å²) in [7, 11) is 1.60. The fourth-order valence-corrected chi connectivity index (χ4v) is 1.83. The standard InChI is InChI=1S/C16H17FN2O2/c1-21-13-6-4-5-12(11-13)18-10-9-16(20)19-15-8-3-2-7-14(15)17/h2-8,11,18H,9-10H2,1H3,(H,19,20). The summed E-state index contributed by atoms with van der Waals surface area (Å²) < 4.78 is 18.5. The van der Waals surface area contributed by atoms with Gasteiger partial charge in [0.1, 0.15) is 11.6 Å². The van der Waals surface area contributed by atoms with E-state index in [9.17, 15) is 9.18 Å². The van der Waals surface area contributed by atoms with E-state index in [1.807, 2.05) is 24.3 Å². The van der Waals surface area contributed by atoms with Gasteiger partial charge in [0.05, 0.1) is 12.8 Å². The summed E-state index contributed by atoms with van der Waals surface area (Å²) in [4.78, 5) is 11.7. The van der Waals surface area contributed by atoms with Crippen LogP contribution in [-0.2, 0) is 4.79 Å². The fraction of sp³-hybridized carbons (Fsp3) is 0.188. The number of methoxy groups -OCH3 is 1. The van der Waals surface area contributed by atoms with Gasteiger partial charge < -0.3 is 15.4 Å². The summed E-state index contributed by atoms with van der Waals surface area (Å²) in [6.45, 7) is 0.452. The molecule has 4 nitrogen and oxygen atoms in total. The molecule has 2 aromatic carbocycles. The summed E-state index contributed by atoms with van der Waals surface area (Å²) in [6, 6.07) is 13.5. The van der Waals surface area contributed by atoms with Crippen molar-refractivity contribution < 1.29 is 13.9 Å². The molecule has 0 fully saturated rings. The lowest BCUT2D eigenvalue weighted by Crippen LogP contribution is -2.16. The van der Waals surface area contributed by atoms with Crippen LogP contribution in [0.15, 0.2) is 48.5 Å². The maximum atomic E-state index is 13.4. The molecule has 0 saturated carbocycles. The molecular weight excluding hydrogens is 271 g/mol. The topological polar surface area (TPSA) is 50.4 Å². The number of ether oxygens (including phenoxy) is 1. The highest BCUT2D eigenvalue weighted by Gasteiger charge is 2.05. The van der Waals surface area contributed by atoms with Gasteiger partial charge in [-0.25, -0.2) is 4.39 Å². The van der Waals surface area contributed by atoms with Crippen LogP contribution < -0.4 is 15.4 Å². The van der Waals surface area contributed by atoms with Crippen LogP contribution in [-0.4, -0.2) is 19.6 Å². The maximum absolute atomic E-state index is 13.4. The Labute approximate surface area is 122 Å². The molecule has 2 aromatic rings. The second-order valence-corrected chi connectivity index (χ2v) is 4.44. The molecule has 0 atom stereocenters. The third-order valence-corrected chi connectivity index (χ3v) is 2.90. The van der Waals surface area contributed by atoms with E-state index >= 15 is 0 Å². The lowest BCUT2D eigenvalue weighted by atomic mass is 10.2. The smallest absolute Gasteiger partial charge is 0.226 e. The van der Waals surface area contributed by atoms with E-state index < -0.39 is 5.82 Å². The summed E-state index contributed by atoms with van der Waals surface area (Å²) >= 11 is 0. The fourth-order valence-electron chi connectivity index (χ4n) is 1.83. The lowest BCUT2D eigenvalue weighted by molar-refractivity contribution is -0.116. The van der Waals surface area contributed by atoms with Gasteiger partial charge in [0.15, 0.2) is 0 Å². The lowest BCUT2D eigenvalue weighted by Gasteiger charge is -2.09.